The molecule has 2 amide bonds. The average molecular weight is 549 g/mol. The average Bonchev–Trinajstić information content (AvgIpc) is 3.12. The van der Waals surface area contributed by atoms with Crippen molar-refractivity contribution in [3.63, 3.8) is 0 Å². The number of rotatable bonds is 7. The van der Waals surface area contributed by atoms with Gasteiger partial charge in [0.1, 0.15) is 6.61 Å². The molecule has 6 nitrogen and oxygen atoms in total. The molecule has 1 fully saturated rings. The molecule has 1 saturated heterocycles. The Morgan fingerprint density at radius 2 is 1.83 bits per heavy atom. The summed E-state index contributed by atoms with van der Waals surface area (Å²) >= 11 is 4.44. The first-order chi connectivity index (χ1) is 16.9. The van der Waals surface area contributed by atoms with E-state index in [1.54, 1.807) is 30.3 Å². The van der Waals surface area contributed by atoms with E-state index in [2.05, 4.69) is 22.0 Å². The van der Waals surface area contributed by atoms with Crippen LogP contribution >= 0.6 is 27.7 Å². The number of methoxy groups -OCH3 is 1. The Morgan fingerprint density at radius 3 is 2.54 bits per heavy atom. The maximum atomic E-state index is 13.0. The second-order valence-corrected chi connectivity index (χ2v) is 9.68. The summed E-state index contributed by atoms with van der Waals surface area (Å²) in [5.41, 5.74) is 3.99. The van der Waals surface area contributed by atoms with Gasteiger partial charge in [-0.05, 0) is 54.1 Å². The molecule has 0 saturated carbocycles. The van der Waals surface area contributed by atoms with Crippen molar-refractivity contribution in [2.75, 3.05) is 7.11 Å². The van der Waals surface area contributed by atoms with E-state index in [-0.39, 0.29) is 24.3 Å². The fraction of sp³-hybridized carbons (Fsp3) is 0.148. The number of ether oxygens (including phenoxy) is 2. The molecule has 0 N–H and O–H groups in total. The first kappa shape index (κ1) is 24.6. The zero-order chi connectivity index (χ0) is 24.9. The second kappa shape index (κ2) is 10.8. The van der Waals surface area contributed by atoms with E-state index in [1.165, 1.54) is 12.0 Å². The first-order valence-corrected chi connectivity index (χ1v) is 12.3. The molecule has 0 aliphatic carbocycles. The predicted octanol–water partition coefficient (Wildman–Crippen LogP) is 6.45. The minimum absolute atomic E-state index is 0.198. The smallest absolute Gasteiger partial charge is 0.293 e. The van der Waals surface area contributed by atoms with E-state index in [0.29, 0.717) is 32.0 Å². The van der Waals surface area contributed by atoms with Crippen LogP contribution in [0.2, 0.25) is 0 Å². The molecular formula is C27H21BrN2O4S. The van der Waals surface area contributed by atoms with Gasteiger partial charge in [-0.3, -0.25) is 14.5 Å². The summed E-state index contributed by atoms with van der Waals surface area (Å²) in [5.74, 6) is 0.615. The molecule has 1 aliphatic rings. The van der Waals surface area contributed by atoms with Crippen molar-refractivity contribution in [2.24, 2.45) is 0 Å². The van der Waals surface area contributed by atoms with Crippen molar-refractivity contribution in [1.29, 1.82) is 5.26 Å². The highest BCUT2D eigenvalue weighted by Gasteiger charge is 2.35. The van der Waals surface area contributed by atoms with E-state index in [4.69, 9.17) is 9.47 Å². The standard InChI is InChI=1S/C27H21BrN2O4S/c1-17-7-9-18(10-8-17)15-30-26(31)25(35-27(30)32)12-21-11-23(33-2)24(13-22(21)28)34-16-20-6-4-3-5-19(20)14-29/h3-13H,15-16H2,1-2H3/b25-12-. The highest BCUT2D eigenvalue weighted by Crippen LogP contribution is 2.38. The van der Waals surface area contributed by atoms with Crippen molar-refractivity contribution in [3.05, 3.63) is 97.9 Å². The zero-order valence-electron chi connectivity index (χ0n) is 19.1. The SMILES string of the molecule is COc1cc(/C=C2\SC(=O)N(Cc3ccc(C)cc3)C2=O)c(Br)cc1OCc1ccccc1C#N. The number of nitriles is 1. The summed E-state index contributed by atoms with van der Waals surface area (Å²) in [5, 5.41) is 8.98. The van der Waals surface area contributed by atoms with E-state index < -0.39 is 0 Å². The number of nitrogens with zero attached hydrogens (tertiary/aromatic N) is 2. The number of aryl methyl sites for hydroxylation is 1. The molecule has 3 aromatic rings. The molecule has 176 valence electrons. The minimum atomic E-state index is -0.333. The number of benzene rings is 3. The second-order valence-electron chi connectivity index (χ2n) is 7.84. The Hall–Kier alpha value is -3.54. The Kier molecular flexibility index (Phi) is 7.59. The van der Waals surface area contributed by atoms with Crippen LogP contribution < -0.4 is 9.47 Å². The third-order valence-corrected chi connectivity index (χ3v) is 7.02. The number of imide groups is 1. The number of hydrogen-bond acceptors (Lipinski definition) is 6. The van der Waals surface area contributed by atoms with E-state index in [0.717, 1.165) is 28.5 Å². The molecule has 0 radical (unpaired) electrons. The van der Waals surface area contributed by atoms with Crippen LogP contribution in [0.1, 0.15) is 27.8 Å². The van der Waals surface area contributed by atoms with Gasteiger partial charge < -0.3 is 9.47 Å². The lowest BCUT2D eigenvalue weighted by atomic mass is 10.1. The lowest BCUT2D eigenvalue weighted by molar-refractivity contribution is -0.123. The van der Waals surface area contributed by atoms with Crippen molar-refractivity contribution < 1.29 is 19.1 Å². The number of hydrogen-bond donors (Lipinski definition) is 0. The summed E-state index contributed by atoms with van der Waals surface area (Å²) in [7, 11) is 1.53. The van der Waals surface area contributed by atoms with Gasteiger partial charge in [0.05, 0.1) is 30.2 Å². The van der Waals surface area contributed by atoms with Gasteiger partial charge in [0, 0.05) is 10.0 Å². The van der Waals surface area contributed by atoms with Crippen molar-refractivity contribution >= 4 is 44.9 Å². The van der Waals surface area contributed by atoms with Crippen molar-refractivity contribution in [3.8, 4) is 17.6 Å². The first-order valence-electron chi connectivity index (χ1n) is 10.7. The van der Waals surface area contributed by atoms with Gasteiger partial charge in [-0.25, -0.2) is 0 Å². The fourth-order valence-electron chi connectivity index (χ4n) is 3.50. The molecule has 1 aliphatic heterocycles. The van der Waals surface area contributed by atoms with Gasteiger partial charge in [0.2, 0.25) is 0 Å². The van der Waals surface area contributed by atoms with Crippen LogP contribution in [0.15, 0.2) is 70.0 Å². The quantitative estimate of drug-likeness (QED) is 0.315. The van der Waals surface area contributed by atoms with Gasteiger partial charge in [-0.15, -0.1) is 0 Å². The molecule has 1 heterocycles. The molecule has 35 heavy (non-hydrogen) atoms. The van der Waals surface area contributed by atoms with Crippen LogP contribution in [0.5, 0.6) is 11.5 Å². The van der Waals surface area contributed by atoms with Crippen LogP contribution in [-0.2, 0) is 17.9 Å². The number of carbonyl (C=O) groups excluding carboxylic acids is 2. The topological polar surface area (TPSA) is 79.6 Å². The molecular weight excluding hydrogens is 528 g/mol. The molecule has 0 aromatic heterocycles. The van der Waals surface area contributed by atoms with E-state index >= 15 is 0 Å². The van der Waals surface area contributed by atoms with E-state index in [9.17, 15) is 14.9 Å². The predicted molar refractivity (Wildman–Crippen MR) is 139 cm³/mol. The van der Waals surface area contributed by atoms with Gasteiger partial charge in [0.15, 0.2) is 11.5 Å². The van der Waals surface area contributed by atoms with Crippen molar-refractivity contribution in [1.82, 2.24) is 4.90 Å². The van der Waals surface area contributed by atoms with Crippen LogP contribution in [-0.4, -0.2) is 23.2 Å². The van der Waals surface area contributed by atoms with Gasteiger partial charge >= 0.3 is 0 Å². The van der Waals surface area contributed by atoms with Gasteiger partial charge in [0.25, 0.3) is 11.1 Å². The summed E-state index contributed by atoms with van der Waals surface area (Å²) < 4.78 is 12.1. The number of amides is 2. The Balaban J connectivity index is 1.54. The third kappa shape index (κ3) is 5.59. The van der Waals surface area contributed by atoms with E-state index in [1.807, 2.05) is 43.3 Å². The lowest BCUT2D eigenvalue weighted by Crippen LogP contribution is -2.27. The summed E-state index contributed by atoms with van der Waals surface area (Å²) in [4.78, 5) is 27.1. The maximum absolute atomic E-state index is 13.0. The molecule has 0 atom stereocenters. The van der Waals surface area contributed by atoms with Crippen LogP contribution in [0, 0.1) is 18.3 Å². The molecule has 0 bridgehead atoms. The molecule has 3 aromatic carbocycles. The largest absolute Gasteiger partial charge is 0.493 e. The monoisotopic (exact) mass is 548 g/mol. The third-order valence-electron chi connectivity index (χ3n) is 5.43. The van der Waals surface area contributed by atoms with Crippen LogP contribution in [0.25, 0.3) is 6.08 Å². The molecule has 0 unspecified atom stereocenters. The van der Waals surface area contributed by atoms with Gasteiger partial charge in [-0.2, -0.15) is 5.26 Å². The number of carbonyl (C=O) groups is 2. The molecule has 8 heteroatoms. The summed E-state index contributed by atoms with van der Waals surface area (Å²) in [6, 6.07) is 20.6. The lowest BCUT2D eigenvalue weighted by Gasteiger charge is -2.14. The summed E-state index contributed by atoms with van der Waals surface area (Å²) in [6.07, 6.45) is 1.67. The zero-order valence-corrected chi connectivity index (χ0v) is 21.5. The molecule has 4 rings (SSSR count). The highest BCUT2D eigenvalue weighted by molar-refractivity contribution is 9.10. The Morgan fingerprint density at radius 1 is 1.09 bits per heavy atom. The van der Waals surface area contributed by atoms with Gasteiger partial charge in [-0.1, -0.05) is 64.0 Å². The molecule has 0 spiro atoms. The van der Waals surface area contributed by atoms with Crippen LogP contribution in [0.3, 0.4) is 0 Å². The highest BCUT2D eigenvalue weighted by atomic mass is 79.9. The number of thioether (sulfide) groups is 1. The maximum Gasteiger partial charge on any atom is 0.293 e. The number of halogens is 1. The Bertz CT molecular complexity index is 1360. The minimum Gasteiger partial charge on any atom is -0.493 e. The van der Waals surface area contributed by atoms with Crippen molar-refractivity contribution in [2.45, 2.75) is 20.1 Å². The summed E-state index contributed by atoms with van der Waals surface area (Å²) in [6.45, 7) is 2.41. The van der Waals surface area contributed by atoms with Crippen LogP contribution in [0.4, 0.5) is 4.79 Å². The Labute approximate surface area is 216 Å². The normalized spacial score (nSPS) is 14.3. The fourth-order valence-corrected chi connectivity index (χ4v) is 4.76.